The molecule has 0 aliphatic rings. The van der Waals surface area contributed by atoms with Gasteiger partial charge in [-0.15, -0.1) is 0 Å². The van der Waals surface area contributed by atoms with Crippen LogP contribution in [0.25, 0.3) is 0 Å². The molecule has 0 aromatic heterocycles. The van der Waals surface area contributed by atoms with E-state index in [4.69, 9.17) is 4.74 Å². The lowest BCUT2D eigenvalue weighted by Gasteiger charge is -2.28. The lowest BCUT2D eigenvalue weighted by Crippen LogP contribution is -2.45. The highest BCUT2D eigenvalue weighted by Gasteiger charge is 2.29. The first-order chi connectivity index (χ1) is 14.1. The van der Waals surface area contributed by atoms with Gasteiger partial charge in [0.2, 0.25) is 15.9 Å². The lowest BCUT2D eigenvalue weighted by molar-refractivity contribution is -0.116. The van der Waals surface area contributed by atoms with E-state index in [9.17, 15) is 22.4 Å². The van der Waals surface area contributed by atoms with Crippen molar-refractivity contribution in [2.45, 2.75) is 32.7 Å². The fourth-order valence-electron chi connectivity index (χ4n) is 2.73. The molecule has 2 rings (SSSR count). The van der Waals surface area contributed by atoms with Crippen LogP contribution in [0.5, 0.6) is 0 Å². The van der Waals surface area contributed by atoms with Gasteiger partial charge in [-0.3, -0.25) is 9.10 Å². The number of hydrogen-bond acceptors (Lipinski definition) is 5. The maximum atomic E-state index is 13.2. The molecule has 30 heavy (non-hydrogen) atoms. The summed E-state index contributed by atoms with van der Waals surface area (Å²) in [5.74, 6) is -1.55. The zero-order valence-corrected chi connectivity index (χ0v) is 17.9. The second-order valence-electron chi connectivity index (χ2n) is 6.77. The quantitative estimate of drug-likeness (QED) is 0.479. The molecular formula is C21H25FN2O5S. The number of benzene rings is 2. The average molecular weight is 437 g/mol. The molecule has 0 saturated carbocycles. The highest BCUT2D eigenvalue weighted by molar-refractivity contribution is 7.92. The van der Waals surface area contributed by atoms with Gasteiger partial charge in [0.05, 0.1) is 24.1 Å². The van der Waals surface area contributed by atoms with Crippen molar-refractivity contribution in [1.82, 2.24) is 0 Å². The summed E-state index contributed by atoms with van der Waals surface area (Å²) in [5.41, 5.74) is 0.914. The maximum Gasteiger partial charge on any atom is 0.338 e. The Labute approximate surface area is 175 Å². The fraction of sp³-hybridized carbons (Fsp3) is 0.333. The van der Waals surface area contributed by atoms with E-state index in [1.165, 1.54) is 43.3 Å². The molecule has 0 saturated heterocycles. The highest BCUT2D eigenvalue weighted by Crippen LogP contribution is 2.22. The van der Waals surface area contributed by atoms with E-state index in [-0.39, 0.29) is 5.69 Å². The van der Waals surface area contributed by atoms with E-state index in [2.05, 4.69) is 5.32 Å². The predicted molar refractivity (Wildman–Crippen MR) is 113 cm³/mol. The molecule has 2 aromatic carbocycles. The van der Waals surface area contributed by atoms with E-state index in [0.717, 1.165) is 35.5 Å². The summed E-state index contributed by atoms with van der Waals surface area (Å²) >= 11 is 0. The minimum atomic E-state index is -3.81. The Morgan fingerprint density at radius 3 is 2.23 bits per heavy atom. The van der Waals surface area contributed by atoms with Crippen LogP contribution >= 0.6 is 0 Å². The summed E-state index contributed by atoms with van der Waals surface area (Å²) in [6.45, 7) is 3.77. The van der Waals surface area contributed by atoms with Crippen molar-refractivity contribution in [2.75, 3.05) is 22.5 Å². The Hall–Kier alpha value is -2.94. The van der Waals surface area contributed by atoms with E-state index in [1.807, 2.05) is 6.92 Å². The number of carbonyl (C=O) groups is 2. The Kier molecular flexibility index (Phi) is 7.93. The minimum absolute atomic E-state index is 0.173. The van der Waals surface area contributed by atoms with Gasteiger partial charge >= 0.3 is 5.97 Å². The molecule has 2 aromatic rings. The van der Waals surface area contributed by atoms with Crippen LogP contribution < -0.4 is 9.62 Å². The largest absolute Gasteiger partial charge is 0.462 e. The van der Waals surface area contributed by atoms with E-state index >= 15 is 0 Å². The average Bonchev–Trinajstić information content (AvgIpc) is 2.69. The molecule has 0 aliphatic carbocycles. The Balaban J connectivity index is 2.11. The summed E-state index contributed by atoms with van der Waals surface area (Å²) in [7, 11) is -3.81. The lowest BCUT2D eigenvalue weighted by atomic mass is 10.2. The number of halogens is 1. The number of carbonyl (C=O) groups excluding carboxylic acids is 2. The van der Waals surface area contributed by atoms with Gasteiger partial charge in [0.25, 0.3) is 0 Å². The molecule has 0 heterocycles. The second kappa shape index (κ2) is 10.2. The second-order valence-corrected chi connectivity index (χ2v) is 8.63. The molecule has 9 heteroatoms. The van der Waals surface area contributed by atoms with Crippen molar-refractivity contribution in [1.29, 1.82) is 0 Å². The number of hydrogen-bond donors (Lipinski definition) is 1. The number of esters is 1. The van der Waals surface area contributed by atoms with Gasteiger partial charge in [0, 0.05) is 5.69 Å². The highest BCUT2D eigenvalue weighted by atomic mass is 32.2. The summed E-state index contributed by atoms with van der Waals surface area (Å²) in [6.07, 6.45) is 2.67. The van der Waals surface area contributed by atoms with Gasteiger partial charge in [-0.2, -0.15) is 0 Å². The van der Waals surface area contributed by atoms with Crippen LogP contribution in [0.15, 0.2) is 48.5 Å². The molecule has 1 amide bonds. The molecule has 1 atom stereocenters. The smallest absolute Gasteiger partial charge is 0.338 e. The first-order valence-corrected chi connectivity index (χ1v) is 11.3. The summed E-state index contributed by atoms with van der Waals surface area (Å²) in [5, 5.41) is 2.62. The van der Waals surface area contributed by atoms with Crippen molar-refractivity contribution >= 4 is 33.3 Å². The number of unbranched alkanes of at least 4 members (excludes halogenated alkanes) is 1. The number of rotatable bonds is 9. The number of ether oxygens (including phenoxy) is 1. The van der Waals surface area contributed by atoms with E-state index < -0.39 is 33.8 Å². The van der Waals surface area contributed by atoms with Gasteiger partial charge in [-0.25, -0.2) is 17.6 Å². The van der Waals surface area contributed by atoms with Gasteiger partial charge in [-0.05, 0) is 61.9 Å². The minimum Gasteiger partial charge on any atom is -0.462 e. The molecule has 0 unspecified atom stereocenters. The number of nitrogens with one attached hydrogen (secondary N) is 1. The number of amides is 1. The van der Waals surface area contributed by atoms with Crippen LogP contribution in [0.4, 0.5) is 15.8 Å². The molecule has 0 fully saturated rings. The predicted octanol–water partition coefficient (Wildman–Crippen LogP) is 3.58. The summed E-state index contributed by atoms with van der Waals surface area (Å²) in [6, 6.07) is 9.83. The van der Waals surface area contributed by atoms with Crippen molar-refractivity contribution < 1.29 is 27.1 Å². The Morgan fingerprint density at radius 2 is 1.70 bits per heavy atom. The molecule has 0 bridgehead atoms. The fourth-order valence-corrected chi connectivity index (χ4v) is 3.90. The molecule has 162 valence electrons. The maximum absolute atomic E-state index is 13.2. The van der Waals surface area contributed by atoms with Gasteiger partial charge in [0.15, 0.2) is 0 Å². The molecule has 0 radical (unpaired) electrons. The van der Waals surface area contributed by atoms with E-state index in [0.29, 0.717) is 17.9 Å². The molecular weight excluding hydrogens is 411 g/mol. The number of nitrogens with zero attached hydrogens (tertiary/aromatic N) is 1. The summed E-state index contributed by atoms with van der Waals surface area (Å²) < 4.78 is 43.7. The van der Waals surface area contributed by atoms with Crippen LogP contribution in [0.3, 0.4) is 0 Å². The van der Waals surface area contributed by atoms with Crippen LogP contribution in [-0.4, -0.2) is 39.2 Å². The number of anilines is 2. The summed E-state index contributed by atoms with van der Waals surface area (Å²) in [4.78, 5) is 24.6. The molecule has 1 N–H and O–H groups in total. The van der Waals surface area contributed by atoms with E-state index in [1.54, 1.807) is 0 Å². The van der Waals surface area contributed by atoms with Gasteiger partial charge < -0.3 is 10.1 Å². The Morgan fingerprint density at radius 1 is 1.10 bits per heavy atom. The van der Waals surface area contributed by atoms with Crippen molar-refractivity contribution in [2.24, 2.45) is 0 Å². The third-order valence-electron chi connectivity index (χ3n) is 4.29. The topological polar surface area (TPSA) is 92.8 Å². The zero-order valence-electron chi connectivity index (χ0n) is 17.1. The zero-order chi connectivity index (χ0) is 22.3. The molecule has 0 aliphatic heterocycles. The Bertz CT molecular complexity index is 975. The first kappa shape index (κ1) is 23.3. The van der Waals surface area contributed by atoms with Crippen molar-refractivity contribution in [3.05, 3.63) is 59.9 Å². The van der Waals surface area contributed by atoms with Crippen LogP contribution in [-0.2, 0) is 19.6 Å². The normalized spacial score (nSPS) is 12.1. The van der Waals surface area contributed by atoms with Gasteiger partial charge in [-0.1, -0.05) is 13.3 Å². The molecule has 7 nitrogen and oxygen atoms in total. The molecule has 0 spiro atoms. The van der Waals surface area contributed by atoms with Crippen LogP contribution in [0, 0.1) is 5.82 Å². The first-order valence-electron chi connectivity index (χ1n) is 9.46. The van der Waals surface area contributed by atoms with Crippen LogP contribution in [0.1, 0.15) is 37.0 Å². The van der Waals surface area contributed by atoms with Crippen LogP contribution in [0.2, 0.25) is 0 Å². The monoisotopic (exact) mass is 436 g/mol. The third-order valence-corrected chi connectivity index (χ3v) is 5.53. The standard InChI is InChI=1S/C21H25FN2O5S/c1-4-5-14-29-21(26)16-6-10-18(11-7-16)23-20(25)15(2)24(30(3,27)28)19-12-8-17(22)9-13-19/h6-13,15H,4-5,14H2,1-3H3,(H,23,25)/t15-/m0/s1. The SMILES string of the molecule is CCCCOC(=O)c1ccc(NC(=O)[C@H](C)N(c2ccc(F)cc2)S(C)(=O)=O)cc1. The number of sulfonamides is 1. The van der Waals surface area contributed by atoms with Crippen molar-refractivity contribution in [3.8, 4) is 0 Å². The van der Waals surface area contributed by atoms with Gasteiger partial charge in [0.1, 0.15) is 11.9 Å². The third kappa shape index (κ3) is 6.28. The van der Waals surface area contributed by atoms with Crippen molar-refractivity contribution in [3.63, 3.8) is 0 Å².